The van der Waals surface area contributed by atoms with E-state index in [9.17, 15) is 13.7 Å². The number of nitriles is 1. The fourth-order valence-electron chi connectivity index (χ4n) is 3.27. The number of aromatic nitrogens is 5. The highest BCUT2D eigenvalue weighted by atomic mass is 32.2. The summed E-state index contributed by atoms with van der Waals surface area (Å²) >= 11 is 0. The Kier molecular flexibility index (Phi) is 4.86. The molecule has 9 heteroatoms. The van der Waals surface area contributed by atoms with Crippen LogP contribution in [0.25, 0.3) is 22.3 Å². The number of hydrogen-bond acceptors (Lipinski definition) is 6. The molecular weight excluding hydrogens is 388 g/mol. The van der Waals surface area contributed by atoms with E-state index < -0.39 is 15.9 Å². The predicted molar refractivity (Wildman–Crippen MR) is 108 cm³/mol. The molecule has 0 amide bonds. The van der Waals surface area contributed by atoms with Crippen molar-refractivity contribution in [2.45, 2.75) is 24.3 Å². The Labute approximate surface area is 167 Å². The molecule has 0 unspecified atom stereocenters. The Morgan fingerprint density at radius 3 is 2.93 bits per heavy atom. The Hall–Kier alpha value is -3.51. The van der Waals surface area contributed by atoms with Gasteiger partial charge >= 0.3 is 0 Å². The minimum absolute atomic E-state index is 0.0195. The van der Waals surface area contributed by atoms with Crippen LogP contribution < -0.4 is 0 Å². The summed E-state index contributed by atoms with van der Waals surface area (Å²) in [5, 5.41) is 14.6. The van der Waals surface area contributed by atoms with E-state index in [1.807, 2.05) is 18.3 Å². The average molecular weight is 406 g/mol. The first-order chi connectivity index (χ1) is 14.0. The molecule has 0 aliphatic heterocycles. The maximum absolute atomic E-state index is 12.3. The standard InChI is InChI=1S/C20H18N6O2S/c1-2-29(27,28)16-5-3-4-14(10-16)18(6-8-21)26-12-15(11-25-26)19-17-7-9-22-20(17)24-13-23-19/h3-5,7,9-13,18H,2,6H2,1H3,(H,22,23,24)/t18-/m0/s1. The van der Waals surface area contributed by atoms with Crippen LogP contribution in [-0.2, 0) is 9.84 Å². The second-order valence-electron chi connectivity index (χ2n) is 6.53. The van der Waals surface area contributed by atoms with Crippen molar-refractivity contribution in [3.63, 3.8) is 0 Å². The largest absolute Gasteiger partial charge is 0.346 e. The third-order valence-electron chi connectivity index (χ3n) is 4.81. The smallest absolute Gasteiger partial charge is 0.178 e. The highest BCUT2D eigenvalue weighted by molar-refractivity contribution is 7.91. The van der Waals surface area contributed by atoms with E-state index in [0.29, 0.717) is 5.56 Å². The normalized spacial score (nSPS) is 12.7. The van der Waals surface area contributed by atoms with Gasteiger partial charge in [-0.1, -0.05) is 19.1 Å². The lowest BCUT2D eigenvalue weighted by molar-refractivity contribution is 0.531. The molecule has 0 spiro atoms. The molecule has 1 atom stereocenters. The third kappa shape index (κ3) is 3.50. The molecule has 1 N–H and O–H groups in total. The van der Waals surface area contributed by atoms with Crippen LogP contribution in [0.2, 0.25) is 0 Å². The number of hydrogen-bond donors (Lipinski definition) is 1. The molecule has 3 heterocycles. The minimum atomic E-state index is -3.34. The molecule has 0 saturated carbocycles. The van der Waals surface area contributed by atoms with E-state index in [-0.39, 0.29) is 17.1 Å². The highest BCUT2D eigenvalue weighted by Crippen LogP contribution is 2.28. The van der Waals surface area contributed by atoms with Crippen LogP contribution in [0.1, 0.15) is 24.9 Å². The number of sulfone groups is 1. The summed E-state index contributed by atoms with van der Waals surface area (Å²) in [4.78, 5) is 11.9. The fraction of sp³-hybridized carbons (Fsp3) is 0.200. The topological polar surface area (TPSA) is 117 Å². The van der Waals surface area contributed by atoms with Gasteiger partial charge in [0.25, 0.3) is 0 Å². The Morgan fingerprint density at radius 2 is 2.14 bits per heavy atom. The molecular formula is C20H18N6O2S. The van der Waals surface area contributed by atoms with Crippen molar-refractivity contribution < 1.29 is 8.42 Å². The summed E-state index contributed by atoms with van der Waals surface area (Å²) in [6, 6.07) is 10.4. The summed E-state index contributed by atoms with van der Waals surface area (Å²) in [6.07, 6.45) is 6.94. The zero-order chi connectivity index (χ0) is 20.4. The Morgan fingerprint density at radius 1 is 1.28 bits per heavy atom. The van der Waals surface area contributed by atoms with Crippen molar-refractivity contribution in [3.8, 4) is 17.3 Å². The maximum Gasteiger partial charge on any atom is 0.178 e. The molecule has 4 aromatic rings. The van der Waals surface area contributed by atoms with Gasteiger partial charge in [-0.05, 0) is 23.8 Å². The van der Waals surface area contributed by atoms with Crippen LogP contribution >= 0.6 is 0 Å². The molecule has 8 nitrogen and oxygen atoms in total. The number of benzene rings is 1. The number of nitrogens with one attached hydrogen (secondary N) is 1. The van der Waals surface area contributed by atoms with Crippen molar-refractivity contribution in [1.29, 1.82) is 5.26 Å². The molecule has 146 valence electrons. The Bertz CT molecular complexity index is 1320. The highest BCUT2D eigenvalue weighted by Gasteiger charge is 2.19. The first-order valence-corrected chi connectivity index (χ1v) is 10.7. The molecule has 0 fully saturated rings. The quantitative estimate of drug-likeness (QED) is 0.526. The van der Waals surface area contributed by atoms with Crippen LogP contribution in [0.4, 0.5) is 0 Å². The van der Waals surface area contributed by atoms with Crippen LogP contribution in [0.15, 0.2) is 60.1 Å². The molecule has 0 aliphatic carbocycles. The lowest BCUT2D eigenvalue weighted by Crippen LogP contribution is -2.12. The van der Waals surface area contributed by atoms with E-state index in [1.54, 1.807) is 42.2 Å². The number of nitrogens with zero attached hydrogens (tertiary/aromatic N) is 5. The van der Waals surface area contributed by atoms with Crippen LogP contribution in [0.5, 0.6) is 0 Å². The van der Waals surface area contributed by atoms with Gasteiger partial charge in [-0.25, -0.2) is 18.4 Å². The van der Waals surface area contributed by atoms with Gasteiger partial charge in [0.2, 0.25) is 0 Å². The molecule has 0 radical (unpaired) electrons. The van der Waals surface area contributed by atoms with Gasteiger partial charge in [0.05, 0.1) is 41.1 Å². The van der Waals surface area contributed by atoms with Crippen LogP contribution in [-0.4, -0.2) is 38.9 Å². The molecule has 29 heavy (non-hydrogen) atoms. The molecule has 1 aromatic carbocycles. The maximum atomic E-state index is 12.3. The van der Waals surface area contributed by atoms with E-state index in [1.165, 1.54) is 6.33 Å². The van der Waals surface area contributed by atoms with Crippen molar-refractivity contribution in [1.82, 2.24) is 24.7 Å². The molecule has 0 bridgehead atoms. The summed E-state index contributed by atoms with van der Waals surface area (Å²) in [5.74, 6) is 0.0195. The number of aromatic amines is 1. The molecule has 4 rings (SSSR count). The Balaban J connectivity index is 1.76. The summed E-state index contributed by atoms with van der Waals surface area (Å²) in [5.41, 5.74) is 2.97. The van der Waals surface area contributed by atoms with Crippen molar-refractivity contribution in [2.75, 3.05) is 5.75 Å². The minimum Gasteiger partial charge on any atom is -0.346 e. The average Bonchev–Trinajstić information content (AvgIpc) is 3.41. The molecule has 0 saturated heterocycles. The lowest BCUT2D eigenvalue weighted by atomic mass is 10.0. The molecule has 0 aliphatic rings. The second kappa shape index (κ2) is 7.48. The number of H-pyrrole nitrogens is 1. The SMILES string of the molecule is CCS(=O)(=O)c1cccc([C@H](CC#N)n2cc(-c3ncnc4[nH]ccc34)cn2)c1. The zero-order valence-electron chi connectivity index (χ0n) is 15.6. The van der Waals surface area contributed by atoms with E-state index in [4.69, 9.17) is 0 Å². The monoisotopic (exact) mass is 406 g/mol. The van der Waals surface area contributed by atoms with Gasteiger partial charge in [0.1, 0.15) is 12.0 Å². The number of rotatable bonds is 6. The van der Waals surface area contributed by atoms with E-state index >= 15 is 0 Å². The van der Waals surface area contributed by atoms with Crippen LogP contribution in [0, 0.1) is 11.3 Å². The second-order valence-corrected chi connectivity index (χ2v) is 8.80. The van der Waals surface area contributed by atoms with Gasteiger partial charge in [-0.3, -0.25) is 4.68 Å². The van der Waals surface area contributed by atoms with Crippen molar-refractivity contribution in [3.05, 3.63) is 60.8 Å². The number of fused-ring (bicyclic) bond motifs is 1. The van der Waals surface area contributed by atoms with Crippen molar-refractivity contribution >= 4 is 20.9 Å². The zero-order valence-corrected chi connectivity index (χ0v) is 16.5. The van der Waals surface area contributed by atoms with Gasteiger partial charge < -0.3 is 4.98 Å². The summed E-state index contributed by atoms with van der Waals surface area (Å²) in [6.45, 7) is 1.61. The van der Waals surface area contributed by atoms with Crippen molar-refractivity contribution in [2.24, 2.45) is 0 Å². The lowest BCUT2D eigenvalue weighted by Gasteiger charge is -2.16. The van der Waals surface area contributed by atoms with Gasteiger partial charge in [0.15, 0.2) is 9.84 Å². The van der Waals surface area contributed by atoms with Gasteiger partial charge in [-0.15, -0.1) is 0 Å². The van der Waals surface area contributed by atoms with E-state index in [2.05, 4.69) is 26.1 Å². The summed E-state index contributed by atoms with van der Waals surface area (Å²) in [7, 11) is -3.34. The third-order valence-corrected chi connectivity index (χ3v) is 6.55. The van der Waals surface area contributed by atoms with E-state index in [0.717, 1.165) is 22.3 Å². The van der Waals surface area contributed by atoms with Gasteiger partial charge in [0, 0.05) is 23.3 Å². The molecule has 3 aromatic heterocycles. The van der Waals surface area contributed by atoms with Crippen LogP contribution in [0.3, 0.4) is 0 Å². The predicted octanol–water partition coefficient (Wildman–Crippen LogP) is 3.12. The summed E-state index contributed by atoms with van der Waals surface area (Å²) < 4.78 is 26.2. The van der Waals surface area contributed by atoms with Gasteiger partial charge in [-0.2, -0.15) is 10.4 Å². The fourth-order valence-corrected chi connectivity index (χ4v) is 4.20. The first kappa shape index (κ1) is 18.8. The first-order valence-electron chi connectivity index (χ1n) is 9.05.